The summed E-state index contributed by atoms with van der Waals surface area (Å²) < 4.78 is 4.85. The Morgan fingerprint density at radius 2 is 2.35 bits per heavy atom. The van der Waals surface area contributed by atoms with Crippen molar-refractivity contribution in [1.82, 2.24) is 15.4 Å². The van der Waals surface area contributed by atoms with Gasteiger partial charge in [-0.15, -0.1) is 0 Å². The fraction of sp³-hybridized carbons (Fsp3) is 0.769. The van der Waals surface area contributed by atoms with Gasteiger partial charge < -0.3 is 9.84 Å². The second kappa shape index (κ2) is 5.19. The van der Waals surface area contributed by atoms with Gasteiger partial charge in [0.15, 0.2) is 0 Å². The van der Waals surface area contributed by atoms with E-state index in [4.69, 9.17) is 4.52 Å². The molecule has 1 unspecified atom stereocenters. The van der Waals surface area contributed by atoms with Gasteiger partial charge in [-0.2, -0.15) is 0 Å². The average molecular weight is 237 g/mol. The number of hydrogen-bond acceptors (Lipinski definition) is 4. The van der Waals surface area contributed by atoms with Gasteiger partial charge in [-0.3, -0.25) is 4.90 Å². The molecule has 96 valence electrons. The topological polar surface area (TPSA) is 41.3 Å². The maximum absolute atomic E-state index is 4.85. The minimum Gasteiger partial charge on any atom is -0.364 e. The molecule has 1 atom stereocenters. The second-order valence-corrected chi connectivity index (χ2v) is 6.01. The quantitative estimate of drug-likeness (QED) is 0.868. The highest BCUT2D eigenvalue weighted by Gasteiger charge is 2.24. The Hall–Kier alpha value is -0.870. The molecule has 0 bridgehead atoms. The van der Waals surface area contributed by atoms with E-state index in [2.05, 4.69) is 36.1 Å². The SMILES string of the molecule is CC(C)(C)NCC1CCN(Cc2ccon2)C1. The van der Waals surface area contributed by atoms with Crippen molar-refractivity contribution in [3.8, 4) is 0 Å². The molecule has 17 heavy (non-hydrogen) atoms. The third-order valence-corrected chi connectivity index (χ3v) is 3.17. The zero-order valence-corrected chi connectivity index (χ0v) is 11.1. The third-order valence-electron chi connectivity index (χ3n) is 3.17. The highest BCUT2D eigenvalue weighted by molar-refractivity contribution is 4.96. The summed E-state index contributed by atoms with van der Waals surface area (Å²) in [5.74, 6) is 0.765. The van der Waals surface area contributed by atoms with Crippen LogP contribution in [-0.2, 0) is 6.54 Å². The predicted octanol–water partition coefficient (Wildman–Crippen LogP) is 1.88. The molecule has 0 amide bonds. The molecular weight excluding hydrogens is 214 g/mol. The standard InChI is InChI=1S/C13H23N3O/c1-13(2,3)14-8-11-4-6-16(9-11)10-12-5-7-17-15-12/h5,7,11,14H,4,6,8-10H2,1-3H3. The Bertz CT molecular complexity index is 329. The summed E-state index contributed by atoms with van der Waals surface area (Å²) in [6.07, 6.45) is 2.92. The minimum absolute atomic E-state index is 0.222. The number of rotatable bonds is 4. The van der Waals surface area contributed by atoms with E-state index in [9.17, 15) is 0 Å². The molecule has 1 aromatic rings. The van der Waals surface area contributed by atoms with Crippen LogP contribution in [-0.4, -0.2) is 35.2 Å². The molecule has 0 aromatic carbocycles. The molecule has 1 N–H and O–H groups in total. The van der Waals surface area contributed by atoms with E-state index in [1.807, 2.05) is 6.07 Å². The molecular formula is C13H23N3O. The van der Waals surface area contributed by atoms with Crippen LogP contribution in [0.25, 0.3) is 0 Å². The smallest absolute Gasteiger partial charge is 0.124 e. The van der Waals surface area contributed by atoms with Gasteiger partial charge in [0.25, 0.3) is 0 Å². The van der Waals surface area contributed by atoms with Crippen LogP contribution in [0.1, 0.15) is 32.9 Å². The Balaban J connectivity index is 1.72. The molecule has 0 radical (unpaired) electrons. The van der Waals surface area contributed by atoms with Crippen molar-refractivity contribution in [1.29, 1.82) is 0 Å². The van der Waals surface area contributed by atoms with Crippen molar-refractivity contribution in [2.45, 2.75) is 39.3 Å². The van der Waals surface area contributed by atoms with Crippen molar-refractivity contribution in [2.75, 3.05) is 19.6 Å². The van der Waals surface area contributed by atoms with Crippen LogP contribution in [0.4, 0.5) is 0 Å². The first-order chi connectivity index (χ1) is 8.03. The summed E-state index contributed by atoms with van der Waals surface area (Å²) in [6, 6.07) is 1.95. The minimum atomic E-state index is 0.222. The number of aromatic nitrogens is 1. The molecule has 0 aliphatic carbocycles. The van der Waals surface area contributed by atoms with E-state index in [-0.39, 0.29) is 5.54 Å². The highest BCUT2D eigenvalue weighted by atomic mass is 16.5. The van der Waals surface area contributed by atoms with Crippen molar-refractivity contribution < 1.29 is 4.52 Å². The molecule has 1 aliphatic heterocycles. The van der Waals surface area contributed by atoms with Crippen molar-refractivity contribution in [2.24, 2.45) is 5.92 Å². The first-order valence-electron chi connectivity index (χ1n) is 6.39. The van der Waals surface area contributed by atoms with Crippen LogP contribution >= 0.6 is 0 Å². The average Bonchev–Trinajstić information content (AvgIpc) is 2.86. The maximum Gasteiger partial charge on any atom is 0.124 e. The summed E-state index contributed by atoms with van der Waals surface area (Å²) >= 11 is 0. The van der Waals surface area contributed by atoms with Crippen molar-refractivity contribution in [3.63, 3.8) is 0 Å². The van der Waals surface area contributed by atoms with E-state index in [0.29, 0.717) is 0 Å². The van der Waals surface area contributed by atoms with E-state index >= 15 is 0 Å². The Morgan fingerprint density at radius 1 is 1.53 bits per heavy atom. The first-order valence-corrected chi connectivity index (χ1v) is 6.39. The van der Waals surface area contributed by atoms with Crippen LogP contribution in [0.3, 0.4) is 0 Å². The lowest BCUT2D eigenvalue weighted by Crippen LogP contribution is -2.39. The van der Waals surface area contributed by atoms with Crippen LogP contribution in [0.5, 0.6) is 0 Å². The van der Waals surface area contributed by atoms with Crippen molar-refractivity contribution >= 4 is 0 Å². The van der Waals surface area contributed by atoms with E-state index in [1.54, 1.807) is 6.26 Å². The molecule has 4 nitrogen and oxygen atoms in total. The second-order valence-electron chi connectivity index (χ2n) is 6.01. The number of nitrogens with zero attached hydrogens (tertiary/aromatic N) is 2. The van der Waals surface area contributed by atoms with Gasteiger partial charge in [0.05, 0.1) is 5.69 Å². The number of likely N-dealkylation sites (tertiary alicyclic amines) is 1. The Labute approximate surface area is 103 Å². The molecule has 1 aromatic heterocycles. The molecule has 1 fully saturated rings. The Morgan fingerprint density at radius 3 is 3.00 bits per heavy atom. The monoisotopic (exact) mass is 237 g/mol. The lowest BCUT2D eigenvalue weighted by molar-refractivity contribution is 0.294. The fourth-order valence-corrected chi connectivity index (χ4v) is 2.22. The Kier molecular flexibility index (Phi) is 3.84. The molecule has 0 saturated carbocycles. The maximum atomic E-state index is 4.85. The van der Waals surface area contributed by atoms with Gasteiger partial charge >= 0.3 is 0 Å². The summed E-state index contributed by atoms with van der Waals surface area (Å²) in [7, 11) is 0. The molecule has 2 rings (SSSR count). The van der Waals surface area contributed by atoms with Crippen LogP contribution < -0.4 is 5.32 Å². The van der Waals surface area contributed by atoms with Crippen LogP contribution in [0.15, 0.2) is 16.9 Å². The number of nitrogens with one attached hydrogen (secondary N) is 1. The largest absolute Gasteiger partial charge is 0.364 e. The zero-order chi connectivity index (χ0) is 12.3. The molecule has 1 saturated heterocycles. The van der Waals surface area contributed by atoms with Gasteiger partial charge in [-0.25, -0.2) is 0 Å². The summed E-state index contributed by atoms with van der Waals surface area (Å²) in [5, 5.41) is 7.54. The molecule has 4 heteroatoms. The summed E-state index contributed by atoms with van der Waals surface area (Å²) in [5.41, 5.74) is 1.26. The van der Waals surface area contributed by atoms with E-state index in [1.165, 1.54) is 13.0 Å². The van der Waals surface area contributed by atoms with E-state index in [0.717, 1.165) is 31.2 Å². The predicted molar refractivity (Wildman–Crippen MR) is 67.6 cm³/mol. The van der Waals surface area contributed by atoms with Crippen LogP contribution in [0, 0.1) is 5.92 Å². The lowest BCUT2D eigenvalue weighted by atomic mass is 10.1. The lowest BCUT2D eigenvalue weighted by Gasteiger charge is -2.23. The van der Waals surface area contributed by atoms with Gasteiger partial charge in [0.1, 0.15) is 6.26 Å². The van der Waals surface area contributed by atoms with Gasteiger partial charge in [-0.05, 0) is 46.2 Å². The van der Waals surface area contributed by atoms with Gasteiger partial charge in [0.2, 0.25) is 0 Å². The normalized spacial score (nSPS) is 22.2. The third kappa shape index (κ3) is 4.13. The van der Waals surface area contributed by atoms with Gasteiger partial charge in [-0.1, -0.05) is 5.16 Å². The number of hydrogen-bond donors (Lipinski definition) is 1. The molecule has 0 spiro atoms. The first kappa shape index (κ1) is 12.6. The highest BCUT2D eigenvalue weighted by Crippen LogP contribution is 2.18. The van der Waals surface area contributed by atoms with E-state index < -0.39 is 0 Å². The molecule has 1 aliphatic rings. The fourth-order valence-electron chi connectivity index (χ4n) is 2.22. The van der Waals surface area contributed by atoms with Crippen LogP contribution in [0.2, 0.25) is 0 Å². The summed E-state index contributed by atoms with van der Waals surface area (Å²) in [6.45, 7) is 11.0. The molecule has 2 heterocycles. The van der Waals surface area contributed by atoms with Crippen molar-refractivity contribution in [3.05, 3.63) is 18.0 Å². The summed E-state index contributed by atoms with van der Waals surface area (Å²) in [4.78, 5) is 2.45. The van der Waals surface area contributed by atoms with Gasteiger partial charge in [0, 0.05) is 24.7 Å². The zero-order valence-electron chi connectivity index (χ0n) is 11.1.